The van der Waals surface area contributed by atoms with Gasteiger partial charge in [0.25, 0.3) is 0 Å². The minimum atomic E-state index is -1.80. The second kappa shape index (κ2) is 10.4. The van der Waals surface area contributed by atoms with E-state index < -0.39 is 46.2 Å². The lowest BCUT2D eigenvalue weighted by molar-refractivity contribution is -0.188. The van der Waals surface area contributed by atoms with Crippen LogP contribution in [0.4, 0.5) is 4.79 Å². The number of ether oxygens (including phenoxy) is 4. The zero-order valence-corrected chi connectivity index (χ0v) is 20.7. The van der Waals surface area contributed by atoms with Gasteiger partial charge in [0.2, 0.25) is 9.70 Å². The number of benzene rings is 1. The Morgan fingerprint density at radius 3 is 2.22 bits per heavy atom. The van der Waals surface area contributed by atoms with E-state index >= 15 is 0 Å². The molecule has 0 unspecified atom stereocenters. The molecule has 0 radical (unpaired) electrons. The van der Waals surface area contributed by atoms with Gasteiger partial charge in [-0.15, -0.1) is 0 Å². The summed E-state index contributed by atoms with van der Waals surface area (Å²) in [4.78, 5) is 39.1. The third kappa shape index (κ3) is 7.32. The number of nitrogens with zero attached hydrogens (tertiary/aromatic N) is 1. The first kappa shape index (κ1) is 26.4. The molecule has 0 saturated carbocycles. The predicted molar refractivity (Wildman–Crippen MR) is 119 cm³/mol. The van der Waals surface area contributed by atoms with Crippen LogP contribution in [-0.4, -0.2) is 58.2 Å². The minimum absolute atomic E-state index is 0.174. The number of β-lactam (4-membered cyclic amide) rings is 1. The molecule has 1 saturated heterocycles. The zero-order chi connectivity index (χ0) is 24.3. The van der Waals surface area contributed by atoms with E-state index in [1.165, 1.54) is 11.8 Å². The Hall–Kier alpha value is -1.90. The summed E-state index contributed by atoms with van der Waals surface area (Å²) in [5.41, 5.74) is 0.0289. The molecule has 0 bridgehead atoms. The van der Waals surface area contributed by atoms with Crippen molar-refractivity contribution in [2.24, 2.45) is 5.92 Å². The van der Waals surface area contributed by atoms with Gasteiger partial charge < -0.3 is 23.8 Å². The molecule has 1 aromatic rings. The molecule has 1 aliphatic rings. The van der Waals surface area contributed by atoms with E-state index in [2.05, 4.69) is 0 Å². The molecule has 1 aliphatic heterocycles. The maximum atomic E-state index is 12.9. The molecule has 0 spiro atoms. The molecule has 1 aromatic carbocycles. The standard InChI is InChI=1S/C21H26Cl3NO7/c1-12(31-19(28)30-11-21(22,23)24)15-16(18(27)32-20(2,3)4)25(17(15)26)10-13-6-8-14(29-5)9-7-13/h6-9,12,15-16H,10-11H2,1-5H3/t12-,15-,16+/m1/s1. The fraction of sp³-hybridized carbons (Fsp3) is 0.571. The van der Waals surface area contributed by atoms with Crippen LogP contribution in [0.25, 0.3) is 0 Å². The van der Waals surface area contributed by atoms with E-state index in [-0.39, 0.29) is 12.5 Å². The van der Waals surface area contributed by atoms with Crippen LogP contribution in [0.15, 0.2) is 24.3 Å². The number of hydrogen-bond acceptors (Lipinski definition) is 7. The van der Waals surface area contributed by atoms with Crippen molar-refractivity contribution >= 4 is 52.8 Å². The molecule has 2 rings (SSSR count). The molecule has 0 aliphatic carbocycles. The van der Waals surface area contributed by atoms with Crippen LogP contribution in [0.5, 0.6) is 5.75 Å². The maximum Gasteiger partial charge on any atom is 0.508 e. The number of carbonyl (C=O) groups is 3. The third-order valence-electron chi connectivity index (χ3n) is 4.55. The summed E-state index contributed by atoms with van der Waals surface area (Å²) in [6.07, 6.45) is -2.09. The largest absolute Gasteiger partial charge is 0.508 e. The number of likely N-dealkylation sites (tertiary alicyclic amines) is 1. The van der Waals surface area contributed by atoms with Crippen molar-refractivity contribution in [3.05, 3.63) is 29.8 Å². The van der Waals surface area contributed by atoms with Crippen molar-refractivity contribution in [1.82, 2.24) is 4.90 Å². The molecule has 32 heavy (non-hydrogen) atoms. The molecule has 1 fully saturated rings. The monoisotopic (exact) mass is 509 g/mol. The summed E-state index contributed by atoms with van der Waals surface area (Å²) in [7, 11) is 1.55. The summed E-state index contributed by atoms with van der Waals surface area (Å²) >= 11 is 16.6. The highest BCUT2D eigenvalue weighted by molar-refractivity contribution is 6.67. The highest BCUT2D eigenvalue weighted by atomic mass is 35.6. The van der Waals surface area contributed by atoms with Gasteiger partial charge in [0, 0.05) is 6.54 Å². The molecule has 8 nitrogen and oxygen atoms in total. The highest BCUT2D eigenvalue weighted by Gasteiger charge is 2.56. The normalized spacial score (nSPS) is 19.6. The third-order valence-corrected chi connectivity index (χ3v) is 4.87. The van der Waals surface area contributed by atoms with Crippen LogP contribution in [0.1, 0.15) is 33.3 Å². The number of esters is 1. The number of carbonyl (C=O) groups excluding carboxylic acids is 3. The Morgan fingerprint density at radius 1 is 1.12 bits per heavy atom. The van der Waals surface area contributed by atoms with E-state index in [0.29, 0.717) is 5.75 Å². The second-order valence-corrected chi connectivity index (χ2v) is 10.8. The average molecular weight is 511 g/mol. The molecule has 0 N–H and O–H groups in total. The van der Waals surface area contributed by atoms with Crippen LogP contribution in [0.3, 0.4) is 0 Å². The van der Waals surface area contributed by atoms with Gasteiger partial charge in [0.05, 0.1) is 7.11 Å². The molecule has 0 aromatic heterocycles. The lowest BCUT2D eigenvalue weighted by atomic mass is 9.82. The SMILES string of the molecule is COc1ccc(CN2C(=O)[C@H]([C@@H](C)OC(=O)OCC(Cl)(Cl)Cl)[C@H]2C(=O)OC(C)(C)C)cc1. The van der Waals surface area contributed by atoms with Crippen molar-refractivity contribution in [3.63, 3.8) is 0 Å². The number of halogens is 3. The van der Waals surface area contributed by atoms with Crippen molar-refractivity contribution < 1.29 is 33.3 Å². The molecule has 1 amide bonds. The fourth-order valence-corrected chi connectivity index (χ4v) is 3.34. The summed E-state index contributed by atoms with van der Waals surface area (Å²) in [6.45, 7) is 6.31. The number of amides is 1. The van der Waals surface area contributed by atoms with E-state index in [9.17, 15) is 14.4 Å². The first-order valence-corrected chi connectivity index (χ1v) is 10.9. The minimum Gasteiger partial charge on any atom is -0.497 e. The quantitative estimate of drug-likeness (QED) is 0.307. The number of hydrogen-bond donors (Lipinski definition) is 0. The van der Waals surface area contributed by atoms with Crippen molar-refractivity contribution in [2.75, 3.05) is 13.7 Å². The predicted octanol–water partition coefficient (Wildman–Crippen LogP) is 4.28. The molecule has 3 atom stereocenters. The van der Waals surface area contributed by atoms with Crippen LogP contribution in [-0.2, 0) is 30.3 Å². The molecule has 1 heterocycles. The van der Waals surface area contributed by atoms with Gasteiger partial charge in [-0.05, 0) is 45.4 Å². The first-order chi connectivity index (χ1) is 14.7. The van der Waals surface area contributed by atoms with Crippen LogP contribution >= 0.6 is 34.8 Å². The molecular formula is C21H26Cl3NO7. The fourth-order valence-electron chi connectivity index (χ4n) is 3.17. The highest BCUT2D eigenvalue weighted by Crippen LogP contribution is 2.35. The first-order valence-electron chi connectivity index (χ1n) is 9.78. The lowest BCUT2D eigenvalue weighted by Crippen LogP contribution is -2.67. The summed E-state index contributed by atoms with van der Waals surface area (Å²) < 4.78 is 18.7. The number of rotatable bonds is 7. The zero-order valence-electron chi connectivity index (χ0n) is 18.4. The van der Waals surface area contributed by atoms with Gasteiger partial charge in [0.15, 0.2) is 0 Å². The summed E-state index contributed by atoms with van der Waals surface area (Å²) in [5, 5.41) is 0. The number of methoxy groups -OCH3 is 1. The Balaban J connectivity index is 2.14. The maximum absolute atomic E-state index is 12.9. The van der Waals surface area contributed by atoms with Gasteiger partial charge >= 0.3 is 12.1 Å². The van der Waals surface area contributed by atoms with Gasteiger partial charge in [0.1, 0.15) is 36.0 Å². The lowest BCUT2D eigenvalue weighted by Gasteiger charge is -2.47. The molecular weight excluding hydrogens is 485 g/mol. The van der Waals surface area contributed by atoms with E-state index in [4.69, 9.17) is 53.8 Å². The van der Waals surface area contributed by atoms with Crippen LogP contribution < -0.4 is 4.74 Å². The molecule has 11 heteroatoms. The van der Waals surface area contributed by atoms with Crippen molar-refractivity contribution in [3.8, 4) is 5.75 Å². The van der Waals surface area contributed by atoms with Crippen molar-refractivity contribution in [1.29, 1.82) is 0 Å². The van der Waals surface area contributed by atoms with E-state index in [1.807, 2.05) is 0 Å². The molecule has 178 valence electrons. The average Bonchev–Trinajstić information content (AvgIpc) is 2.66. The van der Waals surface area contributed by atoms with Gasteiger partial charge in [-0.2, -0.15) is 0 Å². The Morgan fingerprint density at radius 2 is 1.72 bits per heavy atom. The van der Waals surface area contributed by atoms with Gasteiger partial charge in [-0.1, -0.05) is 46.9 Å². The topological polar surface area (TPSA) is 91.4 Å². The van der Waals surface area contributed by atoms with Crippen LogP contribution in [0.2, 0.25) is 0 Å². The van der Waals surface area contributed by atoms with Gasteiger partial charge in [-0.25, -0.2) is 9.59 Å². The Labute approximate surface area is 202 Å². The number of alkyl halides is 3. The van der Waals surface area contributed by atoms with E-state index in [0.717, 1.165) is 5.56 Å². The van der Waals surface area contributed by atoms with E-state index in [1.54, 1.807) is 52.1 Å². The Bertz CT molecular complexity index is 833. The van der Waals surface area contributed by atoms with Crippen LogP contribution in [0, 0.1) is 5.92 Å². The van der Waals surface area contributed by atoms with Gasteiger partial charge in [-0.3, -0.25) is 4.79 Å². The summed E-state index contributed by atoms with van der Waals surface area (Å²) in [5.74, 6) is -1.23. The summed E-state index contributed by atoms with van der Waals surface area (Å²) in [6, 6.07) is 6.15. The van der Waals surface area contributed by atoms with Crippen molar-refractivity contribution in [2.45, 2.75) is 55.8 Å². The second-order valence-electron chi connectivity index (χ2n) is 8.30. The Kier molecular flexibility index (Phi) is 8.53. The smallest absolute Gasteiger partial charge is 0.497 e.